The maximum absolute atomic E-state index is 13.3. The van der Waals surface area contributed by atoms with Gasteiger partial charge in [0.1, 0.15) is 5.82 Å². The zero-order valence-electron chi connectivity index (χ0n) is 9.22. The summed E-state index contributed by atoms with van der Waals surface area (Å²) in [6.45, 7) is 0. The van der Waals surface area contributed by atoms with Gasteiger partial charge in [-0.1, -0.05) is 18.2 Å². The molecule has 0 aliphatic rings. The smallest absolute Gasteiger partial charge is 0.230 e. The van der Waals surface area contributed by atoms with Crippen molar-refractivity contribution in [2.24, 2.45) is 7.05 Å². The van der Waals surface area contributed by atoms with Gasteiger partial charge in [0, 0.05) is 7.05 Å². The fraction of sp³-hybridized carbons (Fsp3) is 0.182. The molecule has 5 nitrogen and oxygen atoms in total. The molecule has 88 valence electrons. The molecule has 17 heavy (non-hydrogen) atoms. The van der Waals surface area contributed by atoms with E-state index in [2.05, 4.69) is 15.5 Å². The predicted octanol–water partition coefficient (Wildman–Crippen LogP) is 1.14. The first-order chi connectivity index (χ1) is 8.15. The third kappa shape index (κ3) is 2.87. The van der Waals surface area contributed by atoms with Crippen molar-refractivity contribution in [3.05, 3.63) is 41.8 Å². The van der Waals surface area contributed by atoms with Gasteiger partial charge in [0.15, 0.2) is 5.82 Å². The van der Waals surface area contributed by atoms with E-state index in [1.165, 1.54) is 17.1 Å². The van der Waals surface area contributed by atoms with Crippen LogP contribution >= 0.6 is 0 Å². The summed E-state index contributed by atoms with van der Waals surface area (Å²) in [5.41, 5.74) is 0.355. The molecule has 0 radical (unpaired) electrons. The second-order valence-electron chi connectivity index (χ2n) is 3.54. The Labute approximate surface area is 97.3 Å². The number of halogens is 1. The van der Waals surface area contributed by atoms with Crippen LogP contribution in [0.2, 0.25) is 0 Å². The molecule has 1 aromatic heterocycles. The minimum Gasteiger partial charge on any atom is -0.308 e. The molecule has 0 saturated carbocycles. The highest BCUT2D eigenvalue weighted by molar-refractivity contribution is 5.91. The quantitative estimate of drug-likeness (QED) is 0.866. The maximum Gasteiger partial charge on any atom is 0.230 e. The molecular weight excluding hydrogens is 223 g/mol. The van der Waals surface area contributed by atoms with Crippen molar-refractivity contribution in [2.75, 3.05) is 5.32 Å². The maximum atomic E-state index is 13.3. The number of carbonyl (C=O) groups is 1. The van der Waals surface area contributed by atoms with Gasteiger partial charge in [0.05, 0.1) is 12.6 Å². The molecule has 0 saturated heterocycles. The molecule has 0 atom stereocenters. The van der Waals surface area contributed by atoms with E-state index in [1.807, 2.05) is 0 Å². The minimum atomic E-state index is -0.387. The molecule has 0 fully saturated rings. The van der Waals surface area contributed by atoms with Crippen LogP contribution in [0.25, 0.3) is 0 Å². The van der Waals surface area contributed by atoms with E-state index in [0.29, 0.717) is 11.4 Å². The topological polar surface area (TPSA) is 59.8 Å². The number of benzene rings is 1. The van der Waals surface area contributed by atoms with Gasteiger partial charge >= 0.3 is 0 Å². The summed E-state index contributed by atoms with van der Waals surface area (Å²) in [6.07, 6.45) is 1.41. The average Bonchev–Trinajstić information content (AvgIpc) is 2.67. The van der Waals surface area contributed by atoms with Crippen LogP contribution in [0.15, 0.2) is 30.5 Å². The summed E-state index contributed by atoms with van der Waals surface area (Å²) in [6, 6.07) is 6.17. The summed E-state index contributed by atoms with van der Waals surface area (Å²) in [5, 5.41) is 10.2. The lowest BCUT2D eigenvalue weighted by Crippen LogP contribution is -2.15. The van der Waals surface area contributed by atoms with Crippen molar-refractivity contribution in [3.63, 3.8) is 0 Å². The molecule has 0 aliphatic heterocycles. The molecule has 0 unspecified atom stereocenters. The van der Waals surface area contributed by atoms with Crippen molar-refractivity contribution in [1.82, 2.24) is 15.0 Å². The fourth-order valence-corrected chi connectivity index (χ4v) is 1.40. The molecule has 1 amide bonds. The zero-order valence-corrected chi connectivity index (χ0v) is 9.22. The molecule has 1 heterocycles. The van der Waals surface area contributed by atoms with Gasteiger partial charge in [0.2, 0.25) is 5.91 Å². The Bertz CT molecular complexity index is 538. The Morgan fingerprint density at radius 1 is 1.47 bits per heavy atom. The van der Waals surface area contributed by atoms with Crippen LogP contribution in [0.4, 0.5) is 10.2 Å². The van der Waals surface area contributed by atoms with Crippen LogP contribution in [-0.2, 0) is 18.3 Å². The van der Waals surface area contributed by atoms with Crippen molar-refractivity contribution in [3.8, 4) is 0 Å². The molecule has 0 bridgehead atoms. The number of nitrogens with one attached hydrogen (secondary N) is 1. The van der Waals surface area contributed by atoms with Crippen LogP contribution in [-0.4, -0.2) is 20.9 Å². The van der Waals surface area contributed by atoms with Crippen LogP contribution in [0, 0.1) is 5.82 Å². The highest BCUT2D eigenvalue weighted by Crippen LogP contribution is 2.08. The Kier molecular flexibility index (Phi) is 3.13. The van der Waals surface area contributed by atoms with Gasteiger partial charge < -0.3 is 5.32 Å². The number of hydrogen-bond donors (Lipinski definition) is 1. The number of nitrogens with zero attached hydrogens (tertiary/aromatic N) is 3. The number of aromatic nitrogens is 3. The zero-order chi connectivity index (χ0) is 12.3. The first-order valence-corrected chi connectivity index (χ1v) is 5.05. The van der Waals surface area contributed by atoms with Crippen LogP contribution in [0.5, 0.6) is 0 Å². The number of aryl methyl sites for hydroxylation is 1. The Morgan fingerprint density at radius 2 is 2.24 bits per heavy atom. The van der Waals surface area contributed by atoms with Crippen molar-refractivity contribution in [2.45, 2.75) is 6.42 Å². The van der Waals surface area contributed by atoms with Gasteiger partial charge in [-0.15, -0.1) is 5.10 Å². The number of hydrogen-bond acceptors (Lipinski definition) is 3. The van der Waals surface area contributed by atoms with Crippen LogP contribution < -0.4 is 5.32 Å². The Morgan fingerprint density at radius 3 is 2.88 bits per heavy atom. The summed E-state index contributed by atoms with van der Waals surface area (Å²) >= 11 is 0. The average molecular weight is 234 g/mol. The highest BCUT2D eigenvalue weighted by Gasteiger charge is 2.09. The largest absolute Gasteiger partial charge is 0.308 e. The van der Waals surface area contributed by atoms with Gasteiger partial charge in [-0.25, -0.2) is 4.39 Å². The first kappa shape index (κ1) is 11.3. The first-order valence-electron chi connectivity index (χ1n) is 5.05. The van der Waals surface area contributed by atoms with E-state index in [1.54, 1.807) is 25.2 Å². The highest BCUT2D eigenvalue weighted by atomic mass is 19.1. The second kappa shape index (κ2) is 4.73. The lowest BCUT2D eigenvalue weighted by Gasteiger charge is -2.02. The molecule has 0 spiro atoms. The molecule has 1 aromatic carbocycles. The third-order valence-corrected chi connectivity index (χ3v) is 2.18. The third-order valence-electron chi connectivity index (χ3n) is 2.18. The molecule has 0 aliphatic carbocycles. The summed E-state index contributed by atoms with van der Waals surface area (Å²) in [5.74, 6) is -0.355. The lowest BCUT2D eigenvalue weighted by molar-refractivity contribution is -0.115. The minimum absolute atomic E-state index is 0.0246. The second-order valence-corrected chi connectivity index (χ2v) is 3.54. The monoisotopic (exact) mass is 234 g/mol. The van der Waals surface area contributed by atoms with Gasteiger partial charge in [-0.3, -0.25) is 4.79 Å². The van der Waals surface area contributed by atoms with Crippen LogP contribution in [0.3, 0.4) is 0 Å². The predicted molar refractivity (Wildman–Crippen MR) is 59.7 cm³/mol. The van der Waals surface area contributed by atoms with E-state index >= 15 is 0 Å². The number of carbonyl (C=O) groups excluding carboxylic acids is 1. The van der Waals surface area contributed by atoms with Gasteiger partial charge in [-0.2, -0.15) is 9.90 Å². The van der Waals surface area contributed by atoms with Crippen molar-refractivity contribution >= 4 is 11.7 Å². The molecule has 1 N–H and O–H groups in total. The van der Waals surface area contributed by atoms with E-state index in [4.69, 9.17) is 0 Å². The van der Waals surface area contributed by atoms with E-state index in [-0.39, 0.29) is 18.1 Å². The van der Waals surface area contributed by atoms with Crippen molar-refractivity contribution in [1.29, 1.82) is 0 Å². The van der Waals surface area contributed by atoms with Crippen molar-refractivity contribution < 1.29 is 9.18 Å². The van der Waals surface area contributed by atoms with E-state index in [0.717, 1.165) is 0 Å². The number of amides is 1. The SMILES string of the molecule is Cn1ncc(NC(=O)Cc2ccccc2F)n1. The number of rotatable bonds is 3. The van der Waals surface area contributed by atoms with Gasteiger partial charge in [-0.05, 0) is 11.6 Å². The summed E-state index contributed by atoms with van der Waals surface area (Å²) < 4.78 is 13.3. The van der Waals surface area contributed by atoms with E-state index in [9.17, 15) is 9.18 Å². The fourth-order valence-electron chi connectivity index (χ4n) is 1.40. The molecular formula is C11H11FN4O. The normalized spacial score (nSPS) is 10.2. The Balaban J connectivity index is 2.01. The lowest BCUT2D eigenvalue weighted by atomic mass is 10.1. The number of anilines is 1. The molecule has 2 rings (SSSR count). The van der Waals surface area contributed by atoms with E-state index < -0.39 is 0 Å². The summed E-state index contributed by atoms with van der Waals surface area (Å²) in [7, 11) is 1.65. The standard InChI is InChI=1S/C11H11FN4O/c1-16-13-7-10(15-16)14-11(17)6-8-4-2-3-5-9(8)12/h2-5,7H,6H2,1H3,(H,14,15,17). The molecule has 2 aromatic rings. The molecule has 6 heteroatoms. The van der Waals surface area contributed by atoms with Gasteiger partial charge in [0.25, 0.3) is 0 Å². The summed E-state index contributed by atoms with van der Waals surface area (Å²) in [4.78, 5) is 12.9. The van der Waals surface area contributed by atoms with Crippen LogP contribution in [0.1, 0.15) is 5.56 Å². The Hall–Kier alpha value is -2.24.